The largest absolute Gasteiger partial charge is 0.466 e. The number of nitrogens with zero attached hydrogens (tertiary/aromatic N) is 1. The summed E-state index contributed by atoms with van der Waals surface area (Å²) < 4.78 is 9.28. The molecule has 0 fully saturated rings. The summed E-state index contributed by atoms with van der Waals surface area (Å²) in [6.07, 6.45) is 2.59. The first-order valence-electron chi connectivity index (χ1n) is 7.69. The molecule has 0 aromatic heterocycles. The van der Waals surface area contributed by atoms with Crippen LogP contribution < -0.4 is 0 Å². The average Bonchev–Trinajstić information content (AvgIpc) is 2.61. The number of aryl methyl sites for hydroxylation is 1. The standard InChI is InChI=1S/C18H21NO5/c1-19(15(18(22)24-3)10-16(20)23-2)11-13-9-8-12-6-4-5-7-14(12)17(13)21/h4-7,10,13H,8-9,11H2,1-3H3/b15-10-. The molecule has 2 rings (SSSR count). The van der Waals surface area contributed by atoms with Crippen LogP contribution in [0.25, 0.3) is 0 Å². The number of methoxy groups -OCH3 is 2. The normalized spacial score (nSPS) is 17.0. The maximum absolute atomic E-state index is 12.6. The Morgan fingerprint density at radius 2 is 1.96 bits per heavy atom. The summed E-state index contributed by atoms with van der Waals surface area (Å²) in [5, 5.41) is 0. The van der Waals surface area contributed by atoms with E-state index in [1.807, 2.05) is 24.3 Å². The SMILES string of the molecule is COC(=O)/C=C(/C(=O)OC)N(C)CC1CCc2ccccc2C1=O. The van der Waals surface area contributed by atoms with Crippen molar-refractivity contribution in [1.82, 2.24) is 4.90 Å². The zero-order valence-electron chi connectivity index (χ0n) is 14.1. The first-order chi connectivity index (χ1) is 11.5. The van der Waals surface area contributed by atoms with E-state index < -0.39 is 11.9 Å². The smallest absolute Gasteiger partial charge is 0.354 e. The highest BCUT2D eigenvalue weighted by Crippen LogP contribution is 2.26. The van der Waals surface area contributed by atoms with Crippen molar-refractivity contribution in [3.05, 3.63) is 47.2 Å². The molecule has 6 nitrogen and oxygen atoms in total. The molecule has 6 heteroatoms. The Morgan fingerprint density at radius 3 is 2.62 bits per heavy atom. The van der Waals surface area contributed by atoms with Gasteiger partial charge in [-0.25, -0.2) is 9.59 Å². The Hall–Kier alpha value is -2.63. The van der Waals surface area contributed by atoms with Crippen molar-refractivity contribution in [2.75, 3.05) is 27.8 Å². The van der Waals surface area contributed by atoms with E-state index >= 15 is 0 Å². The van der Waals surface area contributed by atoms with Crippen molar-refractivity contribution in [3.8, 4) is 0 Å². The van der Waals surface area contributed by atoms with Crippen molar-refractivity contribution in [2.24, 2.45) is 5.92 Å². The van der Waals surface area contributed by atoms with E-state index in [1.54, 1.807) is 11.9 Å². The minimum absolute atomic E-state index is 0.0611. The van der Waals surface area contributed by atoms with E-state index in [-0.39, 0.29) is 17.4 Å². The molecule has 1 unspecified atom stereocenters. The molecule has 0 spiro atoms. The van der Waals surface area contributed by atoms with Crippen LogP contribution >= 0.6 is 0 Å². The summed E-state index contributed by atoms with van der Waals surface area (Å²) in [7, 11) is 4.12. The summed E-state index contributed by atoms with van der Waals surface area (Å²) in [4.78, 5) is 37.6. The average molecular weight is 331 g/mol. The van der Waals surface area contributed by atoms with Gasteiger partial charge in [-0.15, -0.1) is 0 Å². The Morgan fingerprint density at radius 1 is 1.25 bits per heavy atom. The fourth-order valence-corrected chi connectivity index (χ4v) is 2.86. The number of hydrogen-bond acceptors (Lipinski definition) is 6. The monoisotopic (exact) mass is 331 g/mol. The lowest BCUT2D eigenvalue weighted by Gasteiger charge is -2.29. The second kappa shape index (κ2) is 7.77. The fourth-order valence-electron chi connectivity index (χ4n) is 2.86. The third kappa shape index (κ3) is 3.82. The Bertz CT molecular complexity index is 680. The van der Waals surface area contributed by atoms with Crippen LogP contribution in [0, 0.1) is 5.92 Å². The highest BCUT2D eigenvalue weighted by atomic mass is 16.5. The second-order valence-corrected chi connectivity index (χ2v) is 5.68. The minimum Gasteiger partial charge on any atom is -0.466 e. The Balaban J connectivity index is 2.17. The summed E-state index contributed by atoms with van der Waals surface area (Å²) in [5.74, 6) is -1.48. The Kier molecular flexibility index (Phi) is 5.73. The van der Waals surface area contributed by atoms with Crippen LogP contribution in [-0.4, -0.2) is 50.4 Å². The van der Waals surface area contributed by atoms with Crippen molar-refractivity contribution in [1.29, 1.82) is 0 Å². The molecule has 0 saturated heterocycles. The van der Waals surface area contributed by atoms with Crippen molar-refractivity contribution in [3.63, 3.8) is 0 Å². The van der Waals surface area contributed by atoms with E-state index in [0.29, 0.717) is 13.0 Å². The lowest BCUT2D eigenvalue weighted by Crippen LogP contribution is -2.35. The number of ether oxygens (including phenoxy) is 2. The highest BCUT2D eigenvalue weighted by Gasteiger charge is 2.29. The molecule has 1 aromatic rings. The molecular weight excluding hydrogens is 310 g/mol. The Labute approximate surface area is 141 Å². The number of ketones is 1. The number of carbonyl (C=O) groups excluding carboxylic acids is 3. The van der Waals surface area contributed by atoms with Crippen molar-refractivity contribution < 1.29 is 23.9 Å². The summed E-state index contributed by atoms with van der Waals surface area (Å²) >= 11 is 0. The first kappa shape index (κ1) is 17.7. The maximum Gasteiger partial charge on any atom is 0.354 e. The third-order valence-electron chi connectivity index (χ3n) is 4.17. The number of likely N-dealkylation sites (N-methyl/N-ethyl adjacent to an activating group) is 1. The van der Waals surface area contributed by atoms with Gasteiger partial charge in [-0.05, 0) is 18.4 Å². The molecule has 0 N–H and O–H groups in total. The van der Waals surface area contributed by atoms with E-state index in [4.69, 9.17) is 4.74 Å². The summed E-state index contributed by atoms with van der Waals surface area (Å²) in [6, 6.07) is 7.56. The molecule has 0 aliphatic heterocycles. The summed E-state index contributed by atoms with van der Waals surface area (Å²) in [6.45, 7) is 0.324. The number of hydrogen-bond donors (Lipinski definition) is 0. The fraction of sp³-hybridized carbons (Fsp3) is 0.389. The molecule has 0 saturated carbocycles. The third-order valence-corrected chi connectivity index (χ3v) is 4.17. The molecule has 0 radical (unpaired) electrons. The van der Waals surface area contributed by atoms with Crippen LogP contribution in [0.15, 0.2) is 36.0 Å². The molecule has 128 valence electrons. The number of esters is 2. The number of carbonyl (C=O) groups is 3. The number of fused-ring (bicyclic) bond motifs is 1. The van der Waals surface area contributed by atoms with E-state index in [9.17, 15) is 14.4 Å². The van der Waals surface area contributed by atoms with Gasteiger partial charge < -0.3 is 14.4 Å². The van der Waals surface area contributed by atoms with Crippen molar-refractivity contribution >= 4 is 17.7 Å². The second-order valence-electron chi connectivity index (χ2n) is 5.68. The van der Waals surface area contributed by atoms with Gasteiger partial charge in [0.2, 0.25) is 0 Å². The maximum atomic E-state index is 12.6. The lowest BCUT2D eigenvalue weighted by atomic mass is 9.82. The van der Waals surface area contributed by atoms with E-state index in [0.717, 1.165) is 23.6 Å². The van der Waals surface area contributed by atoms with Gasteiger partial charge in [-0.2, -0.15) is 0 Å². The van der Waals surface area contributed by atoms with Gasteiger partial charge in [0.05, 0.1) is 20.3 Å². The van der Waals surface area contributed by atoms with Crippen LogP contribution in [0.3, 0.4) is 0 Å². The van der Waals surface area contributed by atoms with Crippen molar-refractivity contribution in [2.45, 2.75) is 12.8 Å². The van der Waals surface area contributed by atoms with Crippen LogP contribution in [0.4, 0.5) is 0 Å². The molecule has 1 aromatic carbocycles. The number of rotatable bonds is 5. The van der Waals surface area contributed by atoms with Gasteiger partial charge in [-0.3, -0.25) is 4.79 Å². The van der Waals surface area contributed by atoms with Crippen LogP contribution in [0.2, 0.25) is 0 Å². The summed E-state index contributed by atoms with van der Waals surface area (Å²) in [5.41, 5.74) is 1.86. The topological polar surface area (TPSA) is 72.9 Å². The molecule has 0 bridgehead atoms. The van der Waals surface area contributed by atoms with Crippen LogP contribution in [0.1, 0.15) is 22.3 Å². The van der Waals surface area contributed by atoms with Gasteiger partial charge in [0.1, 0.15) is 5.70 Å². The lowest BCUT2D eigenvalue weighted by molar-refractivity contribution is -0.140. The molecule has 0 heterocycles. The molecule has 1 aliphatic rings. The van der Waals surface area contributed by atoms with E-state index in [2.05, 4.69) is 4.74 Å². The number of benzene rings is 1. The number of Topliss-reactive ketones (excluding diaryl/α,β-unsaturated/α-hetero) is 1. The van der Waals surface area contributed by atoms with Gasteiger partial charge in [-0.1, -0.05) is 24.3 Å². The highest BCUT2D eigenvalue weighted by molar-refractivity contribution is 6.00. The predicted molar refractivity (Wildman–Crippen MR) is 87.3 cm³/mol. The quantitative estimate of drug-likeness (QED) is 0.603. The van der Waals surface area contributed by atoms with Crippen LogP contribution in [0.5, 0.6) is 0 Å². The molecule has 0 amide bonds. The zero-order valence-corrected chi connectivity index (χ0v) is 14.1. The van der Waals surface area contributed by atoms with Gasteiger partial charge in [0.15, 0.2) is 5.78 Å². The van der Waals surface area contributed by atoms with Gasteiger partial charge >= 0.3 is 11.9 Å². The zero-order chi connectivity index (χ0) is 17.7. The molecule has 24 heavy (non-hydrogen) atoms. The van der Waals surface area contributed by atoms with Gasteiger partial charge in [0, 0.05) is 25.1 Å². The predicted octanol–water partition coefficient (Wildman–Crippen LogP) is 1.59. The van der Waals surface area contributed by atoms with E-state index in [1.165, 1.54) is 14.2 Å². The minimum atomic E-state index is -0.650. The molecule has 1 atom stereocenters. The first-order valence-corrected chi connectivity index (χ1v) is 7.69. The van der Waals surface area contributed by atoms with Gasteiger partial charge in [0.25, 0.3) is 0 Å². The molecule has 1 aliphatic carbocycles. The molecular formula is C18H21NO5. The van der Waals surface area contributed by atoms with Crippen LogP contribution in [-0.2, 0) is 25.5 Å².